The Kier molecular flexibility index (Phi) is 4.27. The van der Waals surface area contributed by atoms with Crippen LogP contribution in [0, 0.1) is 0 Å². The van der Waals surface area contributed by atoms with E-state index in [2.05, 4.69) is 21.2 Å². The molecular formula is C16H15BrClNO2. The largest absolute Gasteiger partial charge is 0.497 e. The summed E-state index contributed by atoms with van der Waals surface area (Å²) in [5, 5.41) is 4.24. The van der Waals surface area contributed by atoms with Gasteiger partial charge in [-0.2, -0.15) is 0 Å². The highest BCUT2D eigenvalue weighted by molar-refractivity contribution is 9.10. The van der Waals surface area contributed by atoms with Crippen molar-refractivity contribution in [3.8, 4) is 11.5 Å². The van der Waals surface area contributed by atoms with Crippen LogP contribution in [0.25, 0.3) is 0 Å². The zero-order chi connectivity index (χ0) is 14.8. The summed E-state index contributed by atoms with van der Waals surface area (Å²) < 4.78 is 12.0. The second kappa shape index (κ2) is 6.16. The smallest absolute Gasteiger partial charge is 0.124 e. The molecule has 21 heavy (non-hydrogen) atoms. The number of halogens is 2. The fourth-order valence-electron chi connectivity index (χ4n) is 2.45. The normalized spacial score (nSPS) is 16.8. The van der Waals surface area contributed by atoms with E-state index in [1.54, 1.807) is 7.11 Å². The van der Waals surface area contributed by atoms with Crippen LogP contribution < -0.4 is 14.8 Å². The Bertz CT molecular complexity index is 663. The summed E-state index contributed by atoms with van der Waals surface area (Å²) in [7, 11) is 1.67. The van der Waals surface area contributed by atoms with Crippen molar-refractivity contribution in [3.63, 3.8) is 0 Å². The van der Waals surface area contributed by atoms with E-state index < -0.39 is 0 Å². The maximum atomic E-state index is 6.08. The lowest BCUT2D eigenvalue weighted by atomic mass is 10.00. The van der Waals surface area contributed by atoms with Crippen molar-refractivity contribution < 1.29 is 9.47 Å². The molecule has 3 rings (SSSR count). The predicted molar refractivity (Wildman–Crippen MR) is 88.6 cm³/mol. The predicted octanol–water partition coefficient (Wildman–Crippen LogP) is 5.05. The van der Waals surface area contributed by atoms with Crippen molar-refractivity contribution in [2.75, 3.05) is 19.0 Å². The second-order valence-electron chi connectivity index (χ2n) is 4.86. The lowest BCUT2D eigenvalue weighted by Gasteiger charge is -2.28. The summed E-state index contributed by atoms with van der Waals surface area (Å²) in [6.45, 7) is 0.690. The summed E-state index contributed by atoms with van der Waals surface area (Å²) in [4.78, 5) is 0. The Balaban J connectivity index is 1.92. The first-order chi connectivity index (χ1) is 10.2. The number of methoxy groups -OCH3 is 1. The Labute approximate surface area is 137 Å². The van der Waals surface area contributed by atoms with Crippen LogP contribution in [-0.2, 0) is 0 Å². The molecule has 1 aliphatic rings. The van der Waals surface area contributed by atoms with Crippen LogP contribution in [0.5, 0.6) is 11.5 Å². The standard InChI is InChI=1S/C16H15BrClNO2/c1-20-11-3-5-16-12(9-11)14(6-7-21-16)19-15-8-10(18)2-4-13(15)17/h2-5,8-9,14,19H,6-7H2,1H3. The van der Waals surface area contributed by atoms with Crippen molar-refractivity contribution in [2.45, 2.75) is 12.5 Å². The highest BCUT2D eigenvalue weighted by Gasteiger charge is 2.22. The maximum absolute atomic E-state index is 6.08. The van der Waals surface area contributed by atoms with E-state index in [9.17, 15) is 0 Å². The zero-order valence-corrected chi connectivity index (χ0v) is 13.9. The van der Waals surface area contributed by atoms with Gasteiger partial charge in [0.05, 0.1) is 25.4 Å². The lowest BCUT2D eigenvalue weighted by molar-refractivity contribution is 0.273. The van der Waals surface area contributed by atoms with Crippen molar-refractivity contribution >= 4 is 33.2 Å². The van der Waals surface area contributed by atoms with Gasteiger partial charge in [0.15, 0.2) is 0 Å². The third-order valence-electron chi connectivity index (χ3n) is 3.51. The Hall–Kier alpha value is -1.39. The minimum atomic E-state index is 0.165. The van der Waals surface area contributed by atoms with Crippen LogP contribution in [0.3, 0.4) is 0 Å². The van der Waals surface area contributed by atoms with E-state index in [1.807, 2.05) is 36.4 Å². The van der Waals surface area contributed by atoms with Gasteiger partial charge in [-0.1, -0.05) is 11.6 Å². The minimum absolute atomic E-state index is 0.165. The van der Waals surface area contributed by atoms with Gasteiger partial charge in [-0.05, 0) is 52.3 Å². The molecule has 1 aliphatic heterocycles. The van der Waals surface area contributed by atoms with Gasteiger partial charge in [0, 0.05) is 21.5 Å². The molecule has 0 amide bonds. The molecule has 0 aromatic heterocycles. The molecular weight excluding hydrogens is 354 g/mol. The molecule has 0 saturated carbocycles. The van der Waals surface area contributed by atoms with Gasteiger partial charge >= 0.3 is 0 Å². The lowest BCUT2D eigenvalue weighted by Crippen LogP contribution is -2.20. The fraction of sp³-hybridized carbons (Fsp3) is 0.250. The molecule has 0 spiro atoms. The van der Waals surface area contributed by atoms with Crippen LogP contribution in [-0.4, -0.2) is 13.7 Å². The quantitative estimate of drug-likeness (QED) is 0.822. The molecule has 1 atom stereocenters. The highest BCUT2D eigenvalue weighted by Crippen LogP contribution is 2.38. The van der Waals surface area contributed by atoms with Gasteiger partial charge in [-0.25, -0.2) is 0 Å². The van der Waals surface area contributed by atoms with Crippen LogP contribution in [0.2, 0.25) is 5.02 Å². The average molecular weight is 369 g/mol. The monoisotopic (exact) mass is 367 g/mol. The number of ether oxygens (including phenoxy) is 2. The molecule has 0 aliphatic carbocycles. The number of hydrogen-bond donors (Lipinski definition) is 1. The van der Waals surface area contributed by atoms with Gasteiger partial charge in [0.25, 0.3) is 0 Å². The SMILES string of the molecule is COc1ccc2c(c1)C(Nc1cc(Cl)ccc1Br)CCO2. The highest BCUT2D eigenvalue weighted by atomic mass is 79.9. The number of fused-ring (bicyclic) bond motifs is 1. The summed E-state index contributed by atoms with van der Waals surface area (Å²) >= 11 is 9.63. The van der Waals surface area contributed by atoms with Gasteiger partial charge in [-0.15, -0.1) is 0 Å². The molecule has 1 unspecified atom stereocenters. The molecule has 0 radical (unpaired) electrons. The zero-order valence-electron chi connectivity index (χ0n) is 11.5. The molecule has 2 aromatic rings. The molecule has 0 saturated heterocycles. The van der Waals surface area contributed by atoms with Crippen molar-refractivity contribution in [1.82, 2.24) is 0 Å². The third kappa shape index (κ3) is 3.11. The Morgan fingerprint density at radius 1 is 1.29 bits per heavy atom. The van der Waals surface area contributed by atoms with Gasteiger partial charge in [-0.3, -0.25) is 0 Å². The summed E-state index contributed by atoms with van der Waals surface area (Å²) in [6, 6.07) is 11.8. The van der Waals surface area contributed by atoms with Crippen molar-refractivity contribution in [1.29, 1.82) is 0 Å². The van der Waals surface area contributed by atoms with Crippen LogP contribution in [0.15, 0.2) is 40.9 Å². The number of nitrogens with one attached hydrogen (secondary N) is 1. The molecule has 0 fully saturated rings. The molecule has 110 valence electrons. The van der Waals surface area contributed by atoms with E-state index in [0.29, 0.717) is 11.6 Å². The third-order valence-corrected chi connectivity index (χ3v) is 4.44. The molecule has 1 heterocycles. The first-order valence-corrected chi connectivity index (χ1v) is 7.87. The van der Waals surface area contributed by atoms with Gasteiger partial charge in [0.2, 0.25) is 0 Å². The molecule has 3 nitrogen and oxygen atoms in total. The summed E-state index contributed by atoms with van der Waals surface area (Å²) in [6.07, 6.45) is 0.888. The Morgan fingerprint density at radius 3 is 2.95 bits per heavy atom. The number of benzene rings is 2. The number of rotatable bonds is 3. The van der Waals surface area contributed by atoms with E-state index in [-0.39, 0.29) is 6.04 Å². The summed E-state index contributed by atoms with van der Waals surface area (Å²) in [5.41, 5.74) is 2.08. The molecule has 5 heteroatoms. The van der Waals surface area contributed by atoms with Gasteiger partial charge in [0.1, 0.15) is 11.5 Å². The van der Waals surface area contributed by atoms with E-state index in [4.69, 9.17) is 21.1 Å². The summed E-state index contributed by atoms with van der Waals surface area (Å²) in [5.74, 6) is 1.73. The van der Waals surface area contributed by atoms with Crippen molar-refractivity contribution in [3.05, 3.63) is 51.5 Å². The van der Waals surface area contributed by atoms with E-state index in [1.165, 1.54) is 0 Å². The van der Waals surface area contributed by atoms with Crippen molar-refractivity contribution in [2.24, 2.45) is 0 Å². The first kappa shape index (κ1) is 14.5. The van der Waals surface area contributed by atoms with E-state index in [0.717, 1.165) is 33.6 Å². The fourth-order valence-corrected chi connectivity index (χ4v) is 2.98. The van der Waals surface area contributed by atoms with Crippen LogP contribution in [0.1, 0.15) is 18.0 Å². The Morgan fingerprint density at radius 2 is 2.14 bits per heavy atom. The average Bonchev–Trinajstić information content (AvgIpc) is 2.51. The topological polar surface area (TPSA) is 30.5 Å². The van der Waals surface area contributed by atoms with Gasteiger partial charge < -0.3 is 14.8 Å². The maximum Gasteiger partial charge on any atom is 0.124 e. The number of hydrogen-bond acceptors (Lipinski definition) is 3. The van der Waals surface area contributed by atoms with Crippen LogP contribution in [0.4, 0.5) is 5.69 Å². The molecule has 1 N–H and O–H groups in total. The number of anilines is 1. The minimum Gasteiger partial charge on any atom is -0.497 e. The van der Waals surface area contributed by atoms with Crippen LogP contribution >= 0.6 is 27.5 Å². The molecule has 2 aromatic carbocycles. The van der Waals surface area contributed by atoms with E-state index >= 15 is 0 Å². The molecule has 0 bridgehead atoms. The first-order valence-electron chi connectivity index (χ1n) is 6.69. The second-order valence-corrected chi connectivity index (χ2v) is 6.15.